The number of cyclic esters (lactones) is 1. The minimum atomic E-state index is -0.905. The van der Waals surface area contributed by atoms with Crippen molar-refractivity contribution in [2.24, 2.45) is 5.73 Å². The highest BCUT2D eigenvalue weighted by atomic mass is 16.6. The van der Waals surface area contributed by atoms with Crippen molar-refractivity contribution in [3.8, 4) is 0 Å². The molecule has 5 heteroatoms. The van der Waals surface area contributed by atoms with Gasteiger partial charge in [0.15, 0.2) is 0 Å². The maximum atomic E-state index is 10.7. The topological polar surface area (TPSA) is 78.6 Å². The van der Waals surface area contributed by atoms with E-state index >= 15 is 0 Å². The number of nitrogens with two attached hydrogens (primary N) is 1. The van der Waals surface area contributed by atoms with Gasteiger partial charge in [0.2, 0.25) is 6.10 Å². The lowest BCUT2D eigenvalue weighted by Crippen LogP contribution is -2.37. The summed E-state index contributed by atoms with van der Waals surface area (Å²) in [6.45, 7) is 2.21. The molecule has 2 atom stereocenters. The molecule has 1 saturated heterocycles. The predicted octanol–water partition coefficient (Wildman–Crippen LogP) is -0.808. The van der Waals surface area contributed by atoms with Crippen LogP contribution in [-0.2, 0) is 19.1 Å². The monoisotopic (exact) mass is 173 g/mol. The van der Waals surface area contributed by atoms with Gasteiger partial charge in [-0.05, 0) is 6.92 Å². The number of hydrogen-bond donors (Lipinski definition) is 1. The fraction of sp³-hybridized carbons (Fsp3) is 0.714. The van der Waals surface area contributed by atoms with Crippen molar-refractivity contribution in [2.45, 2.75) is 25.6 Å². The molecule has 1 rings (SSSR count). The lowest BCUT2D eigenvalue weighted by atomic mass is 10.2. The highest BCUT2D eigenvalue weighted by molar-refractivity contribution is 5.86. The third kappa shape index (κ3) is 1.73. The van der Waals surface area contributed by atoms with E-state index in [9.17, 15) is 9.59 Å². The smallest absolute Gasteiger partial charge is 0.309 e. The minimum Gasteiger partial charge on any atom is -0.449 e. The Morgan fingerprint density at radius 1 is 1.83 bits per heavy atom. The van der Waals surface area contributed by atoms with Gasteiger partial charge in [-0.25, -0.2) is 0 Å². The van der Waals surface area contributed by atoms with E-state index in [0.717, 1.165) is 0 Å². The molecule has 68 valence electrons. The molecule has 1 fully saturated rings. The number of carbonyl (C=O) groups is 2. The van der Waals surface area contributed by atoms with Gasteiger partial charge in [0, 0.05) is 6.61 Å². The maximum Gasteiger partial charge on any atom is 0.309 e. The second-order valence-electron chi connectivity index (χ2n) is 2.51. The van der Waals surface area contributed by atoms with Gasteiger partial charge < -0.3 is 15.2 Å². The van der Waals surface area contributed by atoms with Gasteiger partial charge in [-0.15, -0.1) is 0 Å². The molecule has 0 aromatic heterocycles. The molecule has 0 unspecified atom stereocenters. The van der Waals surface area contributed by atoms with Crippen LogP contribution in [0.25, 0.3) is 0 Å². The summed E-state index contributed by atoms with van der Waals surface area (Å²) in [6.07, 6.45) is -1.29. The first-order chi connectivity index (χ1) is 5.65. The van der Waals surface area contributed by atoms with Gasteiger partial charge in [-0.2, -0.15) is 0 Å². The lowest BCUT2D eigenvalue weighted by Gasteiger charge is -2.13. The van der Waals surface area contributed by atoms with E-state index in [-0.39, 0.29) is 6.42 Å². The van der Waals surface area contributed by atoms with Crippen LogP contribution in [0.1, 0.15) is 13.3 Å². The summed E-state index contributed by atoms with van der Waals surface area (Å²) in [6, 6.07) is 0. The van der Waals surface area contributed by atoms with Crippen LogP contribution in [0.3, 0.4) is 0 Å². The summed E-state index contributed by atoms with van der Waals surface area (Å²) < 4.78 is 9.75. The van der Waals surface area contributed by atoms with Crippen molar-refractivity contribution >= 4 is 11.9 Å². The number of esters is 1. The molecule has 1 aliphatic heterocycles. The Bertz CT molecular complexity index is 204. The van der Waals surface area contributed by atoms with E-state index in [0.29, 0.717) is 6.61 Å². The summed E-state index contributed by atoms with van der Waals surface area (Å²) in [4.78, 5) is 21.4. The van der Waals surface area contributed by atoms with E-state index in [1.807, 2.05) is 0 Å². The van der Waals surface area contributed by atoms with Crippen molar-refractivity contribution in [3.05, 3.63) is 0 Å². The van der Waals surface area contributed by atoms with Gasteiger partial charge in [0.25, 0.3) is 5.91 Å². The van der Waals surface area contributed by atoms with Gasteiger partial charge in [0.1, 0.15) is 6.10 Å². The first kappa shape index (κ1) is 8.99. The third-order valence-corrected chi connectivity index (χ3v) is 1.63. The van der Waals surface area contributed by atoms with Crippen LogP contribution in [0.2, 0.25) is 0 Å². The van der Waals surface area contributed by atoms with E-state index in [1.165, 1.54) is 0 Å². The molecular formula is C7H11NO4. The molecule has 5 nitrogen and oxygen atoms in total. The number of amides is 1. The average molecular weight is 173 g/mol. The summed E-state index contributed by atoms with van der Waals surface area (Å²) in [7, 11) is 0. The number of primary amides is 1. The van der Waals surface area contributed by atoms with Crippen LogP contribution >= 0.6 is 0 Å². The zero-order chi connectivity index (χ0) is 9.14. The molecule has 0 aromatic carbocycles. The van der Waals surface area contributed by atoms with Gasteiger partial charge in [0.05, 0.1) is 6.42 Å². The molecular weight excluding hydrogens is 162 g/mol. The molecule has 0 spiro atoms. The highest BCUT2D eigenvalue weighted by Gasteiger charge is 2.39. The maximum absolute atomic E-state index is 10.7. The van der Waals surface area contributed by atoms with Crippen molar-refractivity contribution < 1.29 is 19.1 Å². The quantitative estimate of drug-likeness (QED) is 0.566. The second kappa shape index (κ2) is 3.53. The molecule has 2 N–H and O–H groups in total. The lowest BCUT2D eigenvalue weighted by molar-refractivity contribution is -0.148. The molecule has 0 bridgehead atoms. The first-order valence-electron chi connectivity index (χ1n) is 3.75. The number of ether oxygens (including phenoxy) is 2. The average Bonchev–Trinajstić information content (AvgIpc) is 2.32. The van der Waals surface area contributed by atoms with Crippen molar-refractivity contribution in [2.75, 3.05) is 6.61 Å². The molecule has 0 aliphatic carbocycles. The summed E-state index contributed by atoms with van der Waals surface area (Å²) in [5, 5.41) is 0. The molecule has 0 radical (unpaired) electrons. The standard InChI is InChI=1S/C7H11NO4/c1-2-11-4-3-5(9)12-6(4)7(8)10/h4,6H,2-3H2,1H3,(H2,8,10)/t4-,6-/m0/s1. The Labute approximate surface area is 69.8 Å². The molecule has 0 saturated carbocycles. The van der Waals surface area contributed by atoms with Crippen molar-refractivity contribution in [1.82, 2.24) is 0 Å². The molecule has 1 amide bonds. The SMILES string of the molecule is CCO[C@H]1CC(=O)O[C@@H]1C(N)=O. The molecule has 12 heavy (non-hydrogen) atoms. The summed E-state index contributed by atoms with van der Waals surface area (Å²) in [5.74, 6) is -1.09. The summed E-state index contributed by atoms with van der Waals surface area (Å²) in [5.41, 5.74) is 4.98. The largest absolute Gasteiger partial charge is 0.449 e. The fourth-order valence-corrected chi connectivity index (χ4v) is 1.14. The minimum absolute atomic E-state index is 0.113. The molecule has 1 aliphatic rings. The van der Waals surface area contributed by atoms with Crippen LogP contribution in [0.4, 0.5) is 0 Å². The van der Waals surface area contributed by atoms with Crippen LogP contribution < -0.4 is 5.73 Å². The molecule has 0 aromatic rings. The van der Waals surface area contributed by atoms with Gasteiger partial charge in [-0.1, -0.05) is 0 Å². The highest BCUT2D eigenvalue weighted by Crippen LogP contribution is 2.17. The van der Waals surface area contributed by atoms with Crippen LogP contribution in [0.15, 0.2) is 0 Å². The number of carbonyl (C=O) groups excluding carboxylic acids is 2. The zero-order valence-corrected chi connectivity index (χ0v) is 6.78. The second-order valence-corrected chi connectivity index (χ2v) is 2.51. The van der Waals surface area contributed by atoms with Crippen LogP contribution in [0.5, 0.6) is 0 Å². The number of rotatable bonds is 3. The normalized spacial score (nSPS) is 28.6. The van der Waals surface area contributed by atoms with Crippen LogP contribution in [0, 0.1) is 0 Å². The summed E-state index contributed by atoms with van der Waals surface area (Å²) >= 11 is 0. The molecule has 1 heterocycles. The first-order valence-corrected chi connectivity index (χ1v) is 3.75. The van der Waals surface area contributed by atoms with Gasteiger partial charge >= 0.3 is 5.97 Å². The van der Waals surface area contributed by atoms with Crippen molar-refractivity contribution in [1.29, 1.82) is 0 Å². The van der Waals surface area contributed by atoms with Crippen molar-refractivity contribution in [3.63, 3.8) is 0 Å². The van der Waals surface area contributed by atoms with E-state index in [4.69, 9.17) is 10.5 Å². The number of hydrogen-bond acceptors (Lipinski definition) is 4. The Morgan fingerprint density at radius 2 is 2.50 bits per heavy atom. The van der Waals surface area contributed by atoms with Crippen LogP contribution in [-0.4, -0.2) is 30.7 Å². The third-order valence-electron chi connectivity index (χ3n) is 1.63. The van der Waals surface area contributed by atoms with E-state index in [2.05, 4.69) is 4.74 Å². The zero-order valence-electron chi connectivity index (χ0n) is 6.78. The van der Waals surface area contributed by atoms with E-state index in [1.54, 1.807) is 6.92 Å². The Kier molecular flexibility index (Phi) is 2.65. The van der Waals surface area contributed by atoms with E-state index < -0.39 is 24.1 Å². The Balaban J connectivity index is 2.59. The fourth-order valence-electron chi connectivity index (χ4n) is 1.14. The Hall–Kier alpha value is -1.10. The van der Waals surface area contributed by atoms with Gasteiger partial charge in [-0.3, -0.25) is 9.59 Å². The Morgan fingerprint density at radius 3 is 3.00 bits per heavy atom. The predicted molar refractivity (Wildman–Crippen MR) is 39.1 cm³/mol.